The molecule has 0 saturated carbocycles. The average molecular weight is 373 g/mol. The van der Waals surface area contributed by atoms with Gasteiger partial charge in [0.15, 0.2) is 0 Å². The Morgan fingerprint density at radius 1 is 1.08 bits per heavy atom. The molecule has 0 N–H and O–H groups in total. The Bertz CT molecular complexity index is 954. The number of anilines is 1. The van der Waals surface area contributed by atoms with Crippen molar-refractivity contribution < 1.29 is 30.3 Å². The maximum atomic E-state index is 13.1. The van der Waals surface area contributed by atoms with Gasteiger partial charge in [-0.1, -0.05) is 12.1 Å². The molecule has 0 fully saturated rings. The minimum atomic E-state index is -4.99. The Balaban J connectivity index is 2.01. The molecule has 1 heterocycles. The van der Waals surface area contributed by atoms with Gasteiger partial charge in [0.1, 0.15) is 0 Å². The van der Waals surface area contributed by atoms with E-state index >= 15 is 0 Å². The SMILES string of the molecule is O=C(c1cccc(S(=O)(=O)F)c1)N1CCc2c1cccc2C(F)(F)F. The molecule has 25 heavy (non-hydrogen) atoms. The number of nitrogens with zero attached hydrogens (tertiary/aromatic N) is 1. The van der Waals surface area contributed by atoms with Gasteiger partial charge in [0.2, 0.25) is 0 Å². The van der Waals surface area contributed by atoms with Crippen molar-refractivity contribution >= 4 is 21.8 Å². The van der Waals surface area contributed by atoms with E-state index in [1.807, 2.05) is 0 Å². The van der Waals surface area contributed by atoms with Crippen molar-refractivity contribution in [3.05, 3.63) is 59.2 Å². The second-order valence-corrected chi connectivity index (χ2v) is 6.82. The van der Waals surface area contributed by atoms with Crippen molar-refractivity contribution in [2.45, 2.75) is 17.5 Å². The summed E-state index contributed by atoms with van der Waals surface area (Å²) in [5, 5.41) is 0. The van der Waals surface area contributed by atoms with Crippen LogP contribution in [0.1, 0.15) is 21.5 Å². The zero-order valence-corrected chi connectivity index (χ0v) is 13.4. The van der Waals surface area contributed by atoms with Gasteiger partial charge in [-0.25, -0.2) is 0 Å². The molecule has 1 aliphatic heterocycles. The van der Waals surface area contributed by atoms with E-state index in [4.69, 9.17) is 0 Å². The molecule has 1 aliphatic rings. The molecule has 9 heteroatoms. The molecule has 0 aliphatic carbocycles. The lowest BCUT2D eigenvalue weighted by Gasteiger charge is -2.18. The van der Waals surface area contributed by atoms with E-state index < -0.39 is 32.8 Å². The largest absolute Gasteiger partial charge is 0.416 e. The lowest BCUT2D eigenvalue weighted by atomic mass is 10.0. The maximum absolute atomic E-state index is 13.1. The molecule has 1 amide bonds. The zero-order chi connectivity index (χ0) is 18.4. The Kier molecular flexibility index (Phi) is 4.06. The lowest BCUT2D eigenvalue weighted by molar-refractivity contribution is -0.138. The number of halogens is 4. The summed E-state index contributed by atoms with van der Waals surface area (Å²) in [6.45, 7) is 0.0217. The molecule has 4 nitrogen and oxygen atoms in total. The van der Waals surface area contributed by atoms with Crippen LogP contribution in [0.15, 0.2) is 47.4 Å². The minimum absolute atomic E-state index is 0.0117. The second kappa shape index (κ2) is 5.83. The Morgan fingerprint density at radius 3 is 2.40 bits per heavy atom. The minimum Gasteiger partial charge on any atom is -0.308 e. The maximum Gasteiger partial charge on any atom is 0.416 e. The summed E-state index contributed by atoms with van der Waals surface area (Å²) < 4.78 is 74.2. The number of hydrogen-bond donors (Lipinski definition) is 0. The van der Waals surface area contributed by atoms with E-state index in [9.17, 15) is 30.3 Å². The molecule has 0 atom stereocenters. The van der Waals surface area contributed by atoms with Gasteiger partial charge in [0.05, 0.1) is 10.5 Å². The first-order valence-electron chi connectivity index (χ1n) is 7.15. The third-order valence-corrected chi connectivity index (χ3v) is 4.76. The first-order chi connectivity index (χ1) is 11.6. The Hall–Kier alpha value is -2.42. The molecule has 132 valence electrons. The highest BCUT2D eigenvalue weighted by molar-refractivity contribution is 7.86. The Morgan fingerprint density at radius 2 is 1.76 bits per heavy atom. The fourth-order valence-electron chi connectivity index (χ4n) is 2.85. The van der Waals surface area contributed by atoms with Crippen molar-refractivity contribution in [1.82, 2.24) is 0 Å². The van der Waals surface area contributed by atoms with Crippen LogP contribution < -0.4 is 4.90 Å². The molecule has 0 spiro atoms. The van der Waals surface area contributed by atoms with Crippen LogP contribution in [-0.4, -0.2) is 20.9 Å². The molecule has 0 saturated heterocycles. The molecular formula is C16H11F4NO3S. The molecule has 0 unspecified atom stereocenters. The van der Waals surface area contributed by atoms with Crippen LogP contribution in [-0.2, 0) is 22.8 Å². The predicted octanol–water partition coefficient (Wildman–Crippen LogP) is 3.57. The first-order valence-corrected chi connectivity index (χ1v) is 8.53. The summed E-state index contributed by atoms with van der Waals surface area (Å²) in [6, 6.07) is 7.88. The predicted molar refractivity (Wildman–Crippen MR) is 81.6 cm³/mol. The van der Waals surface area contributed by atoms with Gasteiger partial charge in [-0.05, 0) is 42.3 Å². The summed E-state index contributed by atoms with van der Waals surface area (Å²) in [5.74, 6) is -0.691. The molecule has 2 aromatic rings. The summed E-state index contributed by atoms with van der Waals surface area (Å²) >= 11 is 0. The van der Waals surface area contributed by atoms with Crippen LogP contribution in [0, 0.1) is 0 Å². The van der Waals surface area contributed by atoms with E-state index in [2.05, 4.69) is 0 Å². The Labute approximate surface area is 140 Å². The molecular weight excluding hydrogens is 362 g/mol. The van der Waals surface area contributed by atoms with Crippen molar-refractivity contribution in [3.63, 3.8) is 0 Å². The topological polar surface area (TPSA) is 54.5 Å². The average Bonchev–Trinajstić information content (AvgIpc) is 2.96. The third-order valence-electron chi connectivity index (χ3n) is 3.94. The molecule has 3 rings (SSSR count). The number of hydrogen-bond acceptors (Lipinski definition) is 3. The smallest absolute Gasteiger partial charge is 0.308 e. The molecule has 0 aromatic heterocycles. The van der Waals surface area contributed by atoms with Gasteiger partial charge in [-0.2, -0.15) is 21.6 Å². The van der Waals surface area contributed by atoms with Gasteiger partial charge in [0.25, 0.3) is 5.91 Å². The fraction of sp³-hybridized carbons (Fsp3) is 0.188. The van der Waals surface area contributed by atoms with E-state index in [0.29, 0.717) is 0 Å². The third kappa shape index (κ3) is 3.23. The van der Waals surface area contributed by atoms with Gasteiger partial charge < -0.3 is 4.90 Å². The van der Waals surface area contributed by atoms with Crippen LogP contribution in [0.4, 0.5) is 22.7 Å². The van der Waals surface area contributed by atoms with Crippen LogP contribution in [0.5, 0.6) is 0 Å². The van der Waals surface area contributed by atoms with Crippen LogP contribution in [0.25, 0.3) is 0 Å². The number of carbonyl (C=O) groups is 1. The van der Waals surface area contributed by atoms with Crippen LogP contribution in [0.3, 0.4) is 0 Å². The summed E-state index contributed by atoms with van der Waals surface area (Å²) in [4.78, 5) is 13.0. The van der Waals surface area contributed by atoms with Gasteiger partial charge in [-0.15, -0.1) is 3.89 Å². The van der Waals surface area contributed by atoms with E-state index in [1.54, 1.807) is 0 Å². The first kappa shape index (κ1) is 17.4. The zero-order valence-electron chi connectivity index (χ0n) is 12.5. The highest BCUT2D eigenvalue weighted by Gasteiger charge is 2.38. The summed E-state index contributed by atoms with van der Waals surface area (Å²) in [7, 11) is -4.99. The second-order valence-electron chi connectivity index (χ2n) is 5.47. The molecule has 0 bridgehead atoms. The number of benzene rings is 2. The van der Waals surface area contributed by atoms with Crippen molar-refractivity contribution in [2.24, 2.45) is 0 Å². The number of rotatable bonds is 2. The summed E-state index contributed by atoms with van der Waals surface area (Å²) in [6.07, 6.45) is -4.51. The van der Waals surface area contributed by atoms with Gasteiger partial charge in [0, 0.05) is 17.8 Å². The number of fused-ring (bicyclic) bond motifs is 1. The van der Waals surface area contributed by atoms with Gasteiger partial charge in [-0.3, -0.25) is 4.79 Å². The lowest BCUT2D eigenvalue weighted by Crippen LogP contribution is -2.29. The van der Waals surface area contributed by atoms with Gasteiger partial charge >= 0.3 is 16.4 Å². The normalized spacial score (nSPS) is 14.5. The number of carbonyl (C=O) groups excluding carboxylic acids is 1. The van der Waals surface area contributed by atoms with Crippen molar-refractivity contribution in [1.29, 1.82) is 0 Å². The number of alkyl halides is 3. The van der Waals surface area contributed by atoms with Crippen molar-refractivity contribution in [3.8, 4) is 0 Å². The number of amides is 1. The monoisotopic (exact) mass is 373 g/mol. The van der Waals surface area contributed by atoms with Crippen LogP contribution >= 0.6 is 0 Å². The van der Waals surface area contributed by atoms with E-state index in [0.717, 1.165) is 23.1 Å². The fourth-order valence-corrected chi connectivity index (χ4v) is 3.36. The molecule has 2 aromatic carbocycles. The highest BCUT2D eigenvalue weighted by Crippen LogP contribution is 2.39. The quantitative estimate of drug-likeness (QED) is 0.597. The van der Waals surface area contributed by atoms with Crippen molar-refractivity contribution in [2.75, 3.05) is 11.4 Å². The summed E-state index contributed by atoms with van der Waals surface area (Å²) in [5.41, 5.74) is -0.796. The molecule has 0 radical (unpaired) electrons. The van der Waals surface area contributed by atoms with E-state index in [-0.39, 0.29) is 29.8 Å². The van der Waals surface area contributed by atoms with Crippen LogP contribution in [0.2, 0.25) is 0 Å². The highest BCUT2D eigenvalue weighted by atomic mass is 32.3. The van der Waals surface area contributed by atoms with E-state index in [1.165, 1.54) is 24.3 Å². The standard InChI is InChI=1S/C16H11F4NO3S/c17-16(18,19)13-5-2-6-14-12(13)7-8-21(14)15(22)10-3-1-4-11(9-10)25(20,23)24/h1-6,9H,7-8H2.